The summed E-state index contributed by atoms with van der Waals surface area (Å²) in [6.45, 7) is 5.19. The van der Waals surface area contributed by atoms with E-state index in [0.29, 0.717) is 5.95 Å². The van der Waals surface area contributed by atoms with Crippen molar-refractivity contribution in [1.29, 1.82) is 0 Å². The molecular formula is C29H30FN9O. The van der Waals surface area contributed by atoms with Crippen molar-refractivity contribution in [3.63, 3.8) is 0 Å². The number of rotatable bonds is 6. The number of benzene rings is 1. The number of fused-ring (bicyclic) bond motifs is 1. The average Bonchev–Trinajstić information content (AvgIpc) is 3.63. The van der Waals surface area contributed by atoms with Crippen LogP contribution in [0.5, 0.6) is 0 Å². The number of anilines is 2. The first kappa shape index (κ1) is 24.6. The second-order valence-corrected chi connectivity index (χ2v) is 10.7. The molecule has 2 fully saturated rings. The Kier molecular flexibility index (Phi) is 6.15. The molecule has 1 atom stereocenters. The topological polar surface area (TPSA) is 100 Å². The maximum atomic E-state index is 13.3. The van der Waals surface area contributed by atoms with Crippen LogP contribution in [0.15, 0.2) is 67.6 Å². The predicted octanol–water partition coefficient (Wildman–Crippen LogP) is 3.70. The lowest BCUT2D eigenvalue weighted by molar-refractivity contribution is 0.0434. The van der Waals surface area contributed by atoms with E-state index < -0.39 is 0 Å². The number of halogens is 1. The number of piperazine rings is 1. The third kappa shape index (κ3) is 4.56. The molecule has 11 heteroatoms. The highest BCUT2D eigenvalue weighted by molar-refractivity contribution is 5.77. The van der Waals surface area contributed by atoms with Gasteiger partial charge in [0.2, 0.25) is 5.95 Å². The first-order chi connectivity index (χ1) is 19.5. The third-order valence-corrected chi connectivity index (χ3v) is 8.17. The first-order valence-corrected chi connectivity index (χ1v) is 13.6. The molecule has 0 bridgehead atoms. The van der Waals surface area contributed by atoms with E-state index in [4.69, 9.17) is 0 Å². The molecule has 1 saturated heterocycles. The zero-order valence-electron chi connectivity index (χ0n) is 22.2. The smallest absolute Gasteiger partial charge is 0.225 e. The van der Waals surface area contributed by atoms with Gasteiger partial charge in [-0.25, -0.2) is 23.9 Å². The molecule has 1 N–H and O–H groups in total. The van der Waals surface area contributed by atoms with Crippen molar-refractivity contribution in [2.75, 3.05) is 36.0 Å². The summed E-state index contributed by atoms with van der Waals surface area (Å²) in [4.78, 5) is 18.4. The van der Waals surface area contributed by atoms with Gasteiger partial charge in [-0.05, 0) is 42.2 Å². The molecule has 1 aliphatic carbocycles. The second kappa shape index (κ2) is 9.98. The summed E-state index contributed by atoms with van der Waals surface area (Å²) in [7, 11) is 0. The molecule has 0 spiro atoms. The van der Waals surface area contributed by atoms with Gasteiger partial charge in [-0.1, -0.05) is 19.1 Å². The minimum absolute atomic E-state index is 0.0825. The summed E-state index contributed by atoms with van der Waals surface area (Å²) in [5, 5.41) is 18.6. The van der Waals surface area contributed by atoms with Gasteiger partial charge in [0, 0.05) is 68.0 Å². The van der Waals surface area contributed by atoms with Crippen LogP contribution in [-0.2, 0) is 0 Å². The van der Waals surface area contributed by atoms with Crippen LogP contribution in [0.4, 0.5) is 16.2 Å². The Balaban J connectivity index is 1.03. The first-order valence-electron chi connectivity index (χ1n) is 13.6. The van der Waals surface area contributed by atoms with Crippen LogP contribution in [0.1, 0.15) is 42.9 Å². The summed E-state index contributed by atoms with van der Waals surface area (Å²) >= 11 is 0. The number of hydrogen-bond donors (Lipinski definition) is 1. The number of hydrogen-bond acceptors (Lipinski definition) is 8. The monoisotopic (exact) mass is 539 g/mol. The summed E-state index contributed by atoms with van der Waals surface area (Å²) < 4.78 is 17.1. The molecule has 0 amide bonds. The summed E-state index contributed by atoms with van der Waals surface area (Å²) in [6.07, 6.45) is 12.6. The highest BCUT2D eigenvalue weighted by Crippen LogP contribution is 2.34. The lowest BCUT2D eigenvalue weighted by Gasteiger charge is -2.35. The molecule has 5 aromatic rings. The molecular weight excluding hydrogens is 509 g/mol. The molecule has 2 aliphatic rings. The van der Waals surface area contributed by atoms with E-state index in [-0.39, 0.29) is 23.9 Å². The number of aliphatic hydroxyl groups excluding tert-OH is 1. The van der Waals surface area contributed by atoms with Gasteiger partial charge in [0.1, 0.15) is 17.7 Å². The lowest BCUT2D eigenvalue weighted by Crippen LogP contribution is -2.47. The zero-order chi connectivity index (χ0) is 27.2. The van der Waals surface area contributed by atoms with Crippen molar-refractivity contribution in [3.8, 4) is 11.1 Å². The van der Waals surface area contributed by atoms with Crippen LogP contribution < -0.4 is 9.80 Å². The fourth-order valence-corrected chi connectivity index (χ4v) is 5.56. The Morgan fingerprint density at radius 2 is 1.57 bits per heavy atom. The molecule has 1 unspecified atom stereocenters. The molecule has 1 aromatic carbocycles. The van der Waals surface area contributed by atoms with Gasteiger partial charge in [0.15, 0.2) is 5.82 Å². The third-order valence-electron chi connectivity index (χ3n) is 8.17. The normalized spacial score (nSPS) is 20.1. The van der Waals surface area contributed by atoms with Crippen molar-refractivity contribution >= 4 is 17.3 Å². The van der Waals surface area contributed by atoms with Crippen LogP contribution in [0.2, 0.25) is 0 Å². The molecule has 0 radical (unpaired) electrons. The molecule has 7 rings (SSSR count). The molecule has 10 nitrogen and oxygen atoms in total. The van der Waals surface area contributed by atoms with Crippen molar-refractivity contribution in [2.45, 2.75) is 37.8 Å². The fraction of sp³-hybridized carbons (Fsp3) is 0.345. The number of aromatic nitrogens is 7. The van der Waals surface area contributed by atoms with E-state index in [2.05, 4.69) is 47.9 Å². The van der Waals surface area contributed by atoms with Crippen molar-refractivity contribution < 1.29 is 9.50 Å². The standard InChI is InChI=1S/C29H30FN9O/c1-19(20-2-4-24(30)5-3-20)22-13-31-29(32-14-22)37-8-6-36(7-9-37)28-27-10-21(16-39(27)35-18-33-28)23-15-34-38(17-23)25-11-26(40)12-25/h2-5,10,13-19,25-26,40H,6-9,11-12H2,1H3. The van der Waals surface area contributed by atoms with Gasteiger partial charge in [0.05, 0.1) is 18.3 Å². The Morgan fingerprint density at radius 1 is 0.850 bits per heavy atom. The quantitative estimate of drug-likeness (QED) is 0.349. The number of aliphatic hydroxyl groups is 1. The van der Waals surface area contributed by atoms with E-state index in [0.717, 1.165) is 72.6 Å². The fourth-order valence-electron chi connectivity index (χ4n) is 5.56. The Labute approximate surface area is 230 Å². The van der Waals surface area contributed by atoms with Crippen LogP contribution in [-0.4, -0.2) is 71.7 Å². The van der Waals surface area contributed by atoms with E-state index >= 15 is 0 Å². The maximum Gasteiger partial charge on any atom is 0.225 e. The van der Waals surface area contributed by atoms with Crippen LogP contribution >= 0.6 is 0 Å². The SMILES string of the molecule is CC(c1ccc(F)cc1)c1cnc(N2CCN(c3ncnn4cc(-c5cnn(C6CC(O)C6)c5)cc34)CC2)nc1. The predicted molar refractivity (Wildman–Crippen MR) is 149 cm³/mol. The van der Waals surface area contributed by atoms with Crippen molar-refractivity contribution in [2.24, 2.45) is 0 Å². The summed E-state index contributed by atoms with van der Waals surface area (Å²) in [5.41, 5.74) is 5.04. The highest BCUT2D eigenvalue weighted by Gasteiger charge is 2.29. The van der Waals surface area contributed by atoms with Crippen LogP contribution in [0, 0.1) is 5.82 Å². The maximum absolute atomic E-state index is 13.3. The number of nitrogens with zero attached hydrogens (tertiary/aromatic N) is 9. The minimum Gasteiger partial charge on any atom is -0.393 e. The molecule has 1 saturated carbocycles. The Morgan fingerprint density at radius 3 is 2.30 bits per heavy atom. The van der Waals surface area contributed by atoms with E-state index in [9.17, 15) is 9.50 Å². The summed E-state index contributed by atoms with van der Waals surface area (Å²) in [5.74, 6) is 1.46. The van der Waals surface area contributed by atoms with Crippen molar-refractivity contribution in [3.05, 3.63) is 84.6 Å². The second-order valence-electron chi connectivity index (χ2n) is 10.7. The molecule has 1 aliphatic heterocycles. The van der Waals surface area contributed by atoms with E-state index in [1.807, 2.05) is 40.2 Å². The van der Waals surface area contributed by atoms with E-state index in [1.165, 1.54) is 12.1 Å². The van der Waals surface area contributed by atoms with Gasteiger partial charge >= 0.3 is 0 Å². The Hall–Kier alpha value is -4.38. The van der Waals surface area contributed by atoms with Gasteiger partial charge in [-0.3, -0.25) is 4.68 Å². The van der Waals surface area contributed by atoms with E-state index in [1.54, 1.807) is 18.5 Å². The average molecular weight is 540 g/mol. The lowest BCUT2D eigenvalue weighted by atomic mass is 9.90. The molecule has 204 valence electrons. The van der Waals surface area contributed by atoms with Crippen LogP contribution in [0.3, 0.4) is 0 Å². The van der Waals surface area contributed by atoms with Gasteiger partial charge in [0.25, 0.3) is 0 Å². The Bertz CT molecular complexity index is 1620. The summed E-state index contributed by atoms with van der Waals surface area (Å²) in [6, 6.07) is 8.96. The van der Waals surface area contributed by atoms with Gasteiger partial charge in [-0.2, -0.15) is 10.2 Å². The van der Waals surface area contributed by atoms with Gasteiger partial charge in [-0.15, -0.1) is 0 Å². The van der Waals surface area contributed by atoms with Crippen molar-refractivity contribution in [1.82, 2.24) is 34.3 Å². The highest BCUT2D eigenvalue weighted by atomic mass is 19.1. The van der Waals surface area contributed by atoms with Crippen LogP contribution in [0.25, 0.3) is 16.6 Å². The zero-order valence-corrected chi connectivity index (χ0v) is 22.2. The minimum atomic E-state index is -0.236. The molecule has 4 aromatic heterocycles. The largest absolute Gasteiger partial charge is 0.393 e. The molecule has 5 heterocycles. The molecule has 40 heavy (non-hydrogen) atoms. The van der Waals surface area contributed by atoms with Gasteiger partial charge < -0.3 is 14.9 Å².